The zero-order chi connectivity index (χ0) is 32.0. The van der Waals surface area contributed by atoms with E-state index in [-0.39, 0.29) is 30.1 Å². The predicted molar refractivity (Wildman–Crippen MR) is 167 cm³/mol. The number of nitrogens with one attached hydrogen (secondary N) is 1. The second-order valence-corrected chi connectivity index (χ2v) is 11.8. The van der Waals surface area contributed by atoms with Gasteiger partial charge >= 0.3 is 18.1 Å². The van der Waals surface area contributed by atoms with Gasteiger partial charge in [-0.25, -0.2) is 23.2 Å². The number of halogens is 2. The molecular formula is C30H32F2N6O6S. The van der Waals surface area contributed by atoms with E-state index in [0.29, 0.717) is 55.3 Å². The Balaban J connectivity index is 1.14. The summed E-state index contributed by atoms with van der Waals surface area (Å²) in [6, 6.07) is 6.84. The van der Waals surface area contributed by atoms with Gasteiger partial charge in [-0.15, -0.1) is 0 Å². The quantitative estimate of drug-likeness (QED) is 0.317. The Morgan fingerprint density at radius 2 is 1.71 bits per heavy atom. The number of nitrogens with zero attached hydrogens (tertiary/aromatic N) is 5. The highest BCUT2D eigenvalue weighted by Crippen LogP contribution is 2.38. The van der Waals surface area contributed by atoms with Crippen LogP contribution in [0, 0.1) is 11.6 Å². The van der Waals surface area contributed by atoms with Crippen molar-refractivity contribution in [3.8, 4) is 0 Å². The minimum absolute atomic E-state index is 0.0296. The van der Waals surface area contributed by atoms with Gasteiger partial charge in [-0.1, -0.05) is 12.8 Å². The Labute approximate surface area is 262 Å². The van der Waals surface area contributed by atoms with Crippen LogP contribution in [0.15, 0.2) is 41.3 Å². The molecule has 3 aromatic rings. The molecule has 1 unspecified atom stereocenters. The molecule has 1 aliphatic carbocycles. The van der Waals surface area contributed by atoms with Gasteiger partial charge in [0, 0.05) is 50.3 Å². The van der Waals surface area contributed by atoms with E-state index in [0.717, 1.165) is 23.2 Å². The number of hydrogen-bond acceptors (Lipinski definition) is 8. The molecule has 45 heavy (non-hydrogen) atoms. The summed E-state index contributed by atoms with van der Waals surface area (Å²) in [6.45, 7) is 3.88. The van der Waals surface area contributed by atoms with E-state index < -0.39 is 41.3 Å². The summed E-state index contributed by atoms with van der Waals surface area (Å²) in [5.74, 6) is -2.51. The highest BCUT2D eigenvalue weighted by Gasteiger charge is 2.35. The van der Waals surface area contributed by atoms with Gasteiger partial charge in [0.2, 0.25) is 5.43 Å². The molecule has 15 heteroatoms. The monoisotopic (exact) mass is 642 g/mol. The SMILES string of the molecule is CCNC(=O)N(S)CC1CN(c2ccc(N3CCN(c4cc5c(cc4F)c(=O)c(C(=O)O)cn5C4CC4)CC3)c(F)c2)C(=O)O1. The predicted octanol–water partition coefficient (Wildman–Crippen LogP) is 3.84. The Morgan fingerprint density at radius 3 is 2.33 bits per heavy atom. The van der Waals surface area contributed by atoms with Crippen molar-refractivity contribution in [1.82, 2.24) is 14.2 Å². The number of carboxylic acids is 1. The molecule has 3 heterocycles. The molecule has 0 radical (unpaired) electrons. The first-order valence-corrected chi connectivity index (χ1v) is 15.1. The summed E-state index contributed by atoms with van der Waals surface area (Å²) < 4.78 is 39.0. The summed E-state index contributed by atoms with van der Waals surface area (Å²) in [7, 11) is 0. The highest BCUT2D eigenvalue weighted by atomic mass is 32.1. The molecule has 3 fully saturated rings. The molecule has 1 aromatic heterocycles. The number of aromatic carboxylic acids is 1. The van der Waals surface area contributed by atoms with Gasteiger partial charge in [-0.3, -0.25) is 14.0 Å². The number of pyridine rings is 1. The number of ether oxygens (including phenoxy) is 1. The van der Waals surface area contributed by atoms with Crippen molar-refractivity contribution in [3.05, 3.63) is 63.9 Å². The molecule has 0 bridgehead atoms. The van der Waals surface area contributed by atoms with Crippen LogP contribution in [0.1, 0.15) is 36.2 Å². The maximum Gasteiger partial charge on any atom is 0.414 e. The topological polar surface area (TPSA) is 128 Å². The van der Waals surface area contributed by atoms with Gasteiger partial charge in [0.05, 0.1) is 35.7 Å². The third-order valence-electron chi connectivity index (χ3n) is 8.29. The fourth-order valence-electron chi connectivity index (χ4n) is 5.86. The number of fused-ring (bicyclic) bond motifs is 1. The van der Waals surface area contributed by atoms with Crippen LogP contribution < -0.4 is 25.4 Å². The molecule has 12 nitrogen and oxygen atoms in total. The van der Waals surface area contributed by atoms with E-state index in [4.69, 9.17) is 4.74 Å². The first kappa shape index (κ1) is 30.5. The minimum atomic E-state index is -1.35. The van der Waals surface area contributed by atoms with Crippen molar-refractivity contribution in [2.24, 2.45) is 0 Å². The van der Waals surface area contributed by atoms with Crippen LogP contribution in [0.2, 0.25) is 0 Å². The number of thiol groups is 1. The number of cyclic esters (lactones) is 1. The summed E-state index contributed by atoms with van der Waals surface area (Å²) in [4.78, 5) is 53.8. The average molecular weight is 643 g/mol. The highest BCUT2D eigenvalue weighted by molar-refractivity contribution is 7.78. The molecule has 2 saturated heterocycles. The number of hydrogen-bond donors (Lipinski definition) is 3. The fraction of sp³-hybridized carbons (Fsp3) is 0.400. The van der Waals surface area contributed by atoms with Crippen LogP contribution in [-0.4, -0.2) is 84.0 Å². The molecule has 3 amide bonds. The third-order valence-corrected chi connectivity index (χ3v) is 8.63. The van der Waals surface area contributed by atoms with E-state index in [1.165, 1.54) is 17.2 Å². The lowest BCUT2D eigenvalue weighted by atomic mass is 10.1. The molecule has 238 valence electrons. The molecule has 2 aliphatic heterocycles. The van der Waals surface area contributed by atoms with Crippen LogP contribution in [0.25, 0.3) is 10.9 Å². The normalized spacial score (nSPS) is 18.4. The molecule has 2 N–H and O–H groups in total. The molecule has 1 saturated carbocycles. The average Bonchev–Trinajstić information content (AvgIpc) is 3.79. The lowest BCUT2D eigenvalue weighted by Crippen LogP contribution is -2.47. The first-order valence-electron chi connectivity index (χ1n) is 14.7. The number of carbonyl (C=O) groups is 3. The van der Waals surface area contributed by atoms with Crippen LogP contribution in [0.3, 0.4) is 0 Å². The van der Waals surface area contributed by atoms with Crippen molar-refractivity contribution in [3.63, 3.8) is 0 Å². The Morgan fingerprint density at radius 1 is 1.04 bits per heavy atom. The Hall–Kier alpha value is -4.53. The number of piperazine rings is 1. The van der Waals surface area contributed by atoms with Crippen LogP contribution in [0.5, 0.6) is 0 Å². The zero-order valence-corrected chi connectivity index (χ0v) is 25.3. The van der Waals surface area contributed by atoms with E-state index in [9.17, 15) is 24.3 Å². The molecule has 3 aliphatic rings. The smallest absolute Gasteiger partial charge is 0.414 e. The maximum atomic E-state index is 15.4. The van der Waals surface area contributed by atoms with Crippen LogP contribution in [0.4, 0.5) is 35.4 Å². The number of benzene rings is 2. The van der Waals surface area contributed by atoms with Crippen molar-refractivity contribution in [1.29, 1.82) is 0 Å². The minimum Gasteiger partial charge on any atom is -0.477 e. The summed E-state index contributed by atoms with van der Waals surface area (Å²) in [5, 5.41) is 12.1. The second kappa shape index (κ2) is 12.1. The number of urea groups is 1. The van der Waals surface area contributed by atoms with Crippen molar-refractivity contribution in [2.45, 2.75) is 31.9 Å². The maximum absolute atomic E-state index is 15.4. The Bertz CT molecular complexity index is 1740. The molecule has 1 atom stereocenters. The first-order chi connectivity index (χ1) is 21.5. The standard InChI is InChI=1S/C30H32F2N6O6S/c1-2-33-29(42)38(45)15-19-14-37(30(43)44-19)18-5-6-24(22(31)11-18)34-7-9-35(10-8-34)26-13-25-20(12-23(26)32)27(39)21(28(40)41)16-36(25)17-3-4-17/h5-6,11-13,16-17,19,45H,2-4,7-10,14-15H2,1H3,(H,33,42)(H,40,41). The van der Waals surface area contributed by atoms with E-state index in [2.05, 4.69) is 18.1 Å². The van der Waals surface area contributed by atoms with E-state index in [1.807, 2.05) is 9.80 Å². The molecule has 6 rings (SSSR count). The summed E-state index contributed by atoms with van der Waals surface area (Å²) in [6.07, 6.45) is 1.75. The lowest BCUT2D eigenvalue weighted by Gasteiger charge is -2.37. The second-order valence-electron chi connectivity index (χ2n) is 11.3. The Kier molecular flexibility index (Phi) is 8.20. The van der Waals surface area contributed by atoms with Gasteiger partial charge < -0.3 is 29.5 Å². The number of anilines is 3. The number of carboxylic acid groups (broad SMARTS) is 1. The number of aromatic nitrogens is 1. The number of carbonyl (C=O) groups excluding carboxylic acids is 2. The van der Waals surface area contributed by atoms with Crippen LogP contribution >= 0.6 is 12.8 Å². The molecular weight excluding hydrogens is 610 g/mol. The number of amides is 3. The summed E-state index contributed by atoms with van der Waals surface area (Å²) >= 11 is 4.14. The van der Waals surface area contributed by atoms with Gasteiger partial charge in [0.1, 0.15) is 23.3 Å². The fourth-order valence-corrected chi connectivity index (χ4v) is 6.12. The van der Waals surface area contributed by atoms with Gasteiger partial charge in [0.25, 0.3) is 0 Å². The zero-order valence-electron chi connectivity index (χ0n) is 24.4. The third kappa shape index (κ3) is 5.95. The summed E-state index contributed by atoms with van der Waals surface area (Å²) in [5.41, 5.74) is 0.334. The largest absolute Gasteiger partial charge is 0.477 e. The molecule has 2 aromatic carbocycles. The van der Waals surface area contributed by atoms with Crippen molar-refractivity contribution in [2.75, 3.05) is 60.5 Å². The van der Waals surface area contributed by atoms with Gasteiger partial charge in [0.15, 0.2) is 0 Å². The van der Waals surface area contributed by atoms with E-state index >= 15 is 8.78 Å². The molecule has 0 spiro atoms. The number of rotatable bonds is 8. The van der Waals surface area contributed by atoms with Crippen molar-refractivity contribution < 1.29 is 33.0 Å². The lowest BCUT2D eigenvalue weighted by molar-refractivity contribution is 0.0694. The van der Waals surface area contributed by atoms with Gasteiger partial charge in [-0.05, 0) is 50.1 Å². The van der Waals surface area contributed by atoms with Gasteiger partial charge in [-0.2, -0.15) is 0 Å². The van der Waals surface area contributed by atoms with Crippen LogP contribution in [-0.2, 0) is 4.74 Å². The van der Waals surface area contributed by atoms with Crippen molar-refractivity contribution >= 4 is 58.9 Å². The van der Waals surface area contributed by atoms with E-state index in [1.54, 1.807) is 29.7 Å².